The molecule has 172 valence electrons. The Morgan fingerprint density at radius 2 is 2.09 bits per heavy atom. The van der Waals surface area contributed by atoms with E-state index in [0.29, 0.717) is 36.7 Å². The molecule has 0 bridgehead atoms. The minimum absolute atomic E-state index is 0.110. The van der Waals surface area contributed by atoms with Crippen LogP contribution in [0.1, 0.15) is 38.8 Å². The van der Waals surface area contributed by atoms with Crippen LogP contribution in [0.15, 0.2) is 12.7 Å². The first kappa shape index (κ1) is 22.3. The summed E-state index contributed by atoms with van der Waals surface area (Å²) in [7, 11) is 0. The first-order chi connectivity index (χ1) is 15.5. The van der Waals surface area contributed by atoms with Crippen LogP contribution in [0.5, 0.6) is 0 Å². The Morgan fingerprint density at radius 1 is 1.31 bits per heavy atom. The fourth-order valence-corrected chi connectivity index (χ4v) is 3.97. The number of hydrogen-bond donors (Lipinski definition) is 3. The van der Waals surface area contributed by atoms with E-state index < -0.39 is 24.5 Å². The van der Waals surface area contributed by atoms with Crippen LogP contribution in [0.3, 0.4) is 0 Å². The van der Waals surface area contributed by atoms with Crippen LogP contribution < -0.4 is 5.32 Å². The first-order valence-corrected chi connectivity index (χ1v) is 10.9. The van der Waals surface area contributed by atoms with Gasteiger partial charge in [-0.1, -0.05) is 19.3 Å². The SMILES string of the molecule is C#C[C@H]1O[C@@H](n2cnc3c(NC4CCN(C(=O)OCCCC)CC4)ncnc32)[C@H](O)[C@@H]1O. The minimum Gasteiger partial charge on any atom is -0.449 e. The summed E-state index contributed by atoms with van der Waals surface area (Å²) in [6, 6.07) is 0.110. The molecule has 2 aromatic rings. The van der Waals surface area contributed by atoms with E-state index in [9.17, 15) is 15.0 Å². The molecule has 0 saturated carbocycles. The van der Waals surface area contributed by atoms with Crippen LogP contribution in [0.25, 0.3) is 11.2 Å². The Labute approximate surface area is 185 Å². The molecule has 32 heavy (non-hydrogen) atoms. The number of rotatable bonds is 6. The Balaban J connectivity index is 1.41. The van der Waals surface area contributed by atoms with E-state index >= 15 is 0 Å². The van der Waals surface area contributed by atoms with Crippen molar-refractivity contribution in [2.75, 3.05) is 25.0 Å². The smallest absolute Gasteiger partial charge is 0.409 e. The zero-order valence-corrected chi connectivity index (χ0v) is 17.9. The number of carbonyl (C=O) groups is 1. The zero-order chi connectivity index (χ0) is 22.7. The summed E-state index contributed by atoms with van der Waals surface area (Å²) in [5, 5.41) is 23.8. The van der Waals surface area contributed by atoms with Gasteiger partial charge in [-0.2, -0.15) is 0 Å². The van der Waals surface area contributed by atoms with Crippen molar-refractivity contribution in [3.63, 3.8) is 0 Å². The molecule has 11 heteroatoms. The highest BCUT2D eigenvalue weighted by molar-refractivity contribution is 5.82. The van der Waals surface area contributed by atoms with E-state index in [1.54, 1.807) is 9.47 Å². The second kappa shape index (κ2) is 9.68. The van der Waals surface area contributed by atoms with Gasteiger partial charge in [-0.05, 0) is 19.3 Å². The van der Waals surface area contributed by atoms with Crippen LogP contribution in [0, 0.1) is 12.3 Å². The van der Waals surface area contributed by atoms with E-state index in [1.165, 1.54) is 12.7 Å². The maximum absolute atomic E-state index is 12.1. The third kappa shape index (κ3) is 4.34. The summed E-state index contributed by atoms with van der Waals surface area (Å²) in [4.78, 5) is 26.8. The number of unbranched alkanes of at least 4 members (excludes halogenated alkanes) is 1. The molecule has 0 radical (unpaired) electrons. The summed E-state index contributed by atoms with van der Waals surface area (Å²) in [5.41, 5.74) is 0.969. The van der Waals surface area contributed by atoms with Crippen LogP contribution >= 0.6 is 0 Å². The van der Waals surface area contributed by atoms with Gasteiger partial charge in [-0.15, -0.1) is 6.42 Å². The summed E-state index contributed by atoms with van der Waals surface area (Å²) >= 11 is 0. The molecule has 2 fully saturated rings. The number of hydrogen-bond acceptors (Lipinski definition) is 9. The number of piperidine rings is 1. The fraction of sp³-hybridized carbons (Fsp3) is 0.619. The van der Waals surface area contributed by atoms with Gasteiger partial charge in [-0.3, -0.25) is 4.57 Å². The summed E-state index contributed by atoms with van der Waals surface area (Å²) < 4.78 is 12.4. The monoisotopic (exact) mass is 444 g/mol. The van der Waals surface area contributed by atoms with Crippen LogP contribution in [0.2, 0.25) is 0 Å². The van der Waals surface area contributed by atoms with Gasteiger partial charge >= 0.3 is 6.09 Å². The summed E-state index contributed by atoms with van der Waals surface area (Å²) in [5.74, 6) is 2.88. The number of carbonyl (C=O) groups excluding carboxylic acids is 1. The highest BCUT2D eigenvalue weighted by atomic mass is 16.6. The number of anilines is 1. The van der Waals surface area contributed by atoms with Gasteiger partial charge in [-0.25, -0.2) is 19.7 Å². The number of aliphatic hydroxyl groups excluding tert-OH is 2. The molecule has 11 nitrogen and oxygen atoms in total. The van der Waals surface area contributed by atoms with E-state index in [4.69, 9.17) is 15.9 Å². The zero-order valence-electron chi connectivity index (χ0n) is 17.9. The average Bonchev–Trinajstić information content (AvgIpc) is 3.36. The van der Waals surface area contributed by atoms with E-state index in [2.05, 4.69) is 33.1 Å². The molecule has 1 amide bonds. The van der Waals surface area contributed by atoms with Crippen molar-refractivity contribution in [1.82, 2.24) is 24.4 Å². The number of fused-ring (bicyclic) bond motifs is 1. The van der Waals surface area contributed by atoms with Gasteiger partial charge in [0.1, 0.15) is 24.6 Å². The number of likely N-dealkylation sites (tertiary alicyclic amines) is 1. The number of nitrogens with one attached hydrogen (secondary N) is 1. The van der Waals surface area contributed by atoms with Gasteiger partial charge in [0.05, 0.1) is 12.9 Å². The van der Waals surface area contributed by atoms with E-state index in [1.807, 2.05) is 0 Å². The van der Waals surface area contributed by atoms with Crippen molar-refractivity contribution in [2.45, 2.75) is 63.2 Å². The Morgan fingerprint density at radius 3 is 2.78 bits per heavy atom. The molecule has 2 aromatic heterocycles. The van der Waals surface area contributed by atoms with Crippen LogP contribution in [0.4, 0.5) is 10.6 Å². The molecular weight excluding hydrogens is 416 g/mol. The predicted octanol–water partition coefficient (Wildman–Crippen LogP) is 0.892. The molecule has 3 N–H and O–H groups in total. The highest BCUT2D eigenvalue weighted by Crippen LogP contribution is 2.32. The highest BCUT2D eigenvalue weighted by Gasteiger charge is 2.43. The second-order valence-corrected chi connectivity index (χ2v) is 8.02. The largest absolute Gasteiger partial charge is 0.449 e. The molecule has 4 heterocycles. The Kier molecular flexibility index (Phi) is 6.74. The molecule has 0 spiro atoms. The first-order valence-electron chi connectivity index (χ1n) is 10.9. The third-order valence-electron chi connectivity index (χ3n) is 5.85. The van der Waals surface area contributed by atoms with Crippen molar-refractivity contribution in [3.8, 4) is 12.3 Å². The number of aliphatic hydroxyl groups is 2. The molecule has 4 rings (SSSR count). The predicted molar refractivity (Wildman–Crippen MR) is 115 cm³/mol. The number of amides is 1. The Hall–Kier alpha value is -2.94. The number of nitrogens with zero attached hydrogens (tertiary/aromatic N) is 5. The quantitative estimate of drug-likeness (QED) is 0.438. The number of terminal acetylenes is 1. The van der Waals surface area contributed by atoms with Crippen molar-refractivity contribution in [2.24, 2.45) is 0 Å². The molecule has 0 unspecified atom stereocenters. The van der Waals surface area contributed by atoms with Crippen LogP contribution in [-0.2, 0) is 9.47 Å². The molecule has 0 aliphatic carbocycles. The Bertz CT molecular complexity index is 983. The van der Waals surface area contributed by atoms with Gasteiger partial charge < -0.3 is 29.9 Å². The molecule has 2 aliphatic heterocycles. The number of ether oxygens (including phenoxy) is 2. The fourth-order valence-electron chi connectivity index (χ4n) is 3.97. The lowest BCUT2D eigenvalue weighted by Crippen LogP contribution is -2.42. The van der Waals surface area contributed by atoms with Gasteiger partial charge in [0.15, 0.2) is 23.2 Å². The lowest BCUT2D eigenvalue weighted by atomic mass is 10.1. The van der Waals surface area contributed by atoms with E-state index in [0.717, 1.165) is 25.7 Å². The van der Waals surface area contributed by atoms with Crippen molar-refractivity contribution in [1.29, 1.82) is 0 Å². The summed E-state index contributed by atoms with van der Waals surface area (Å²) in [6.07, 6.45) is 7.12. The van der Waals surface area contributed by atoms with Crippen molar-refractivity contribution >= 4 is 23.1 Å². The molecule has 2 saturated heterocycles. The number of aromatic nitrogens is 4. The summed E-state index contributed by atoms with van der Waals surface area (Å²) in [6.45, 7) is 3.70. The topological polar surface area (TPSA) is 135 Å². The lowest BCUT2D eigenvalue weighted by molar-refractivity contribution is -0.0230. The van der Waals surface area contributed by atoms with Crippen LogP contribution in [-0.4, -0.2) is 84.8 Å². The maximum atomic E-state index is 12.1. The normalized spacial score (nSPS) is 26.2. The average molecular weight is 444 g/mol. The second-order valence-electron chi connectivity index (χ2n) is 8.02. The lowest BCUT2D eigenvalue weighted by Gasteiger charge is -2.32. The molecule has 4 atom stereocenters. The number of imidazole rings is 1. The third-order valence-corrected chi connectivity index (χ3v) is 5.85. The van der Waals surface area contributed by atoms with Gasteiger partial charge in [0.25, 0.3) is 0 Å². The van der Waals surface area contributed by atoms with Crippen molar-refractivity contribution in [3.05, 3.63) is 12.7 Å². The standard InChI is InChI=1S/C21H28N6O5/c1-3-5-10-31-21(30)26-8-6-13(7-9-26)25-18-15-19(23-11-22-18)27(12-24-15)20-17(29)16(28)14(4-2)32-20/h2,11-14,16-17,20,28-29H,3,5-10H2,1H3,(H,22,23,25)/t14-,16-,17-,20-/m1/s1. The minimum atomic E-state index is -1.21. The molecular formula is C21H28N6O5. The maximum Gasteiger partial charge on any atom is 0.409 e. The van der Waals surface area contributed by atoms with E-state index in [-0.39, 0.29) is 12.1 Å². The van der Waals surface area contributed by atoms with Crippen molar-refractivity contribution < 1.29 is 24.5 Å². The molecule has 0 aromatic carbocycles. The molecule has 2 aliphatic rings. The van der Waals surface area contributed by atoms with Gasteiger partial charge in [0.2, 0.25) is 0 Å². The van der Waals surface area contributed by atoms with Gasteiger partial charge in [0, 0.05) is 19.1 Å².